The molecule has 2 aromatic rings. The van der Waals surface area contributed by atoms with Gasteiger partial charge in [0.25, 0.3) is 0 Å². The number of nitrogens with zero attached hydrogens (tertiary/aromatic N) is 1. The fraction of sp³-hybridized carbons (Fsp3) is 0.375. The van der Waals surface area contributed by atoms with Crippen molar-refractivity contribution in [2.24, 2.45) is 5.73 Å². The van der Waals surface area contributed by atoms with E-state index in [1.807, 2.05) is 26.0 Å². The van der Waals surface area contributed by atoms with E-state index in [4.69, 9.17) is 10.2 Å². The lowest BCUT2D eigenvalue weighted by atomic mass is 10.0. The van der Waals surface area contributed by atoms with E-state index in [1.165, 1.54) is 11.3 Å². The number of aryl methyl sites for hydroxylation is 1. The van der Waals surface area contributed by atoms with Gasteiger partial charge in [0, 0.05) is 18.8 Å². The maximum Gasteiger partial charge on any atom is 0.123 e. The summed E-state index contributed by atoms with van der Waals surface area (Å²) in [4.78, 5) is 2.20. The summed E-state index contributed by atoms with van der Waals surface area (Å²) in [6.07, 6.45) is 0.887. The Kier molecular flexibility index (Phi) is 4.27. The highest BCUT2D eigenvalue weighted by atomic mass is 16.3. The first-order chi connectivity index (χ1) is 9.06. The van der Waals surface area contributed by atoms with Gasteiger partial charge in [0.15, 0.2) is 0 Å². The van der Waals surface area contributed by atoms with Crippen LogP contribution in [0.5, 0.6) is 0 Å². The number of furan rings is 1. The molecular formula is C16H22N2O. The van der Waals surface area contributed by atoms with Crippen molar-refractivity contribution in [3.8, 4) is 0 Å². The zero-order valence-electron chi connectivity index (χ0n) is 11.9. The van der Waals surface area contributed by atoms with Gasteiger partial charge in [-0.2, -0.15) is 0 Å². The van der Waals surface area contributed by atoms with Crippen molar-refractivity contribution in [2.75, 3.05) is 11.9 Å². The van der Waals surface area contributed by atoms with E-state index < -0.39 is 0 Å². The highest BCUT2D eigenvalue weighted by Gasteiger charge is 2.10. The Balaban J connectivity index is 2.16. The Morgan fingerprint density at radius 3 is 2.58 bits per heavy atom. The quantitative estimate of drug-likeness (QED) is 0.896. The van der Waals surface area contributed by atoms with Gasteiger partial charge in [-0.25, -0.2) is 0 Å². The van der Waals surface area contributed by atoms with Crippen LogP contribution in [0.15, 0.2) is 40.8 Å². The van der Waals surface area contributed by atoms with Crippen molar-refractivity contribution in [3.63, 3.8) is 0 Å². The van der Waals surface area contributed by atoms with E-state index in [0.717, 1.165) is 24.5 Å². The summed E-state index contributed by atoms with van der Waals surface area (Å²) in [7, 11) is 2.08. The molecule has 1 aromatic carbocycles. The number of para-hydroxylation sites is 1. The summed E-state index contributed by atoms with van der Waals surface area (Å²) < 4.78 is 5.63. The third kappa shape index (κ3) is 3.61. The predicted molar refractivity (Wildman–Crippen MR) is 79.3 cm³/mol. The van der Waals surface area contributed by atoms with Crippen LogP contribution in [0, 0.1) is 6.92 Å². The largest absolute Gasteiger partial charge is 0.464 e. The van der Waals surface area contributed by atoms with Gasteiger partial charge in [-0.3, -0.25) is 0 Å². The fourth-order valence-corrected chi connectivity index (χ4v) is 2.29. The second-order valence-corrected chi connectivity index (χ2v) is 5.18. The van der Waals surface area contributed by atoms with Gasteiger partial charge in [0.1, 0.15) is 11.5 Å². The van der Waals surface area contributed by atoms with Crippen LogP contribution in [0.3, 0.4) is 0 Å². The number of hydrogen-bond acceptors (Lipinski definition) is 3. The highest BCUT2D eigenvalue weighted by molar-refractivity contribution is 5.53. The molecule has 2 rings (SSSR count). The van der Waals surface area contributed by atoms with Gasteiger partial charge in [0.2, 0.25) is 0 Å². The summed E-state index contributed by atoms with van der Waals surface area (Å²) in [5.41, 5.74) is 8.41. The lowest BCUT2D eigenvalue weighted by Crippen LogP contribution is -2.22. The van der Waals surface area contributed by atoms with Crippen molar-refractivity contribution in [1.82, 2.24) is 0 Å². The van der Waals surface area contributed by atoms with Crippen LogP contribution in [-0.2, 0) is 13.0 Å². The number of anilines is 1. The lowest BCUT2D eigenvalue weighted by molar-refractivity contribution is 0.481. The van der Waals surface area contributed by atoms with Crippen molar-refractivity contribution >= 4 is 5.69 Å². The van der Waals surface area contributed by atoms with Crippen LogP contribution in [-0.4, -0.2) is 13.1 Å². The molecule has 3 heteroatoms. The third-order valence-electron chi connectivity index (χ3n) is 3.13. The smallest absolute Gasteiger partial charge is 0.123 e. The summed E-state index contributed by atoms with van der Waals surface area (Å²) in [5.74, 6) is 1.93. The second-order valence-electron chi connectivity index (χ2n) is 5.18. The first-order valence-corrected chi connectivity index (χ1v) is 6.66. The molecule has 2 N–H and O–H groups in total. The zero-order chi connectivity index (χ0) is 13.8. The SMILES string of the molecule is Cc1ccc(CN(C)c2ccccc2CC(C)N)o1. The Morgan fingerprint density at radius 1 is 1.21 bits per heavy atom. The van der Waals surface area contributed by atoms with Gasteiger partial charge in [-0.05, 0) is 44.0 Å². The monoisotopic (exact) mass is 258 g/mol. The normalized spacial score (nSPS) is 12.4. The van der Waals surface area contributed by atoms with Crippen LogP contribution in [0.2, 0.25) is 0 Å². The standard InChI is InChI=1S/C16H22N2O/c1-12(17)10-14-6-4-5-7-16(14)18(3)11-15-9-8-13(2)19-15/h4-9,12H,10-11,17H2,1-3H3. The minimum atomic E-state index is 0.167. The molecule has 3 nitrogen and oxygen atoms in total. The van der Waals surface area contributed by atoms with Gasteiger partial charge in [-0.15, -0.1) is 0 Å². The highest BCUT2D eigenvalue weighted by Crippen LogP contribution is 2.22. The number of rotatable bonds is 5. The summed E-state index contributed by atoms with van der Waals surface area (Å²) in [5, 5.41) is 0. The molecule has 102 valence electrons. The Labute approximate surface area is 115 Å². The Bertz CT molecular complexity index is 531. The Hall–Kier alpha value is -1.74. The third-order valence-corrected chi connectivity index (χ3v) is 3.13. The second kappa shape index (κ2) is 5.93. The summed E-state index contributed by atoms with van der Waals surface area (Å²) >= 11 is 0. The van der Waals surface area contributed by atoms with Crippen LogP contribution in [0.1, 0.15) is 24.0 Å². The zero-order valence-corrected chi connectivity index (χ0v) is 11.9. The van der Waals surface area contributed by atoms with E-state index >= 15 is 0 Å². The Morgan fingerprint density at radius 2 is 1.95 bits per heavy atom. The molecule has 0 aliphatic carbocycles. The molecule has 1 aromatic heterocycles. The number of benzene rings is 1. The van der Waals surface area contributed by atoms with Crippen molar-refractivity contribution in [3.05, 3.63) is 53.5 Å². The van der Waals surface area contributed by atoms with Gasteiger partial charge in [-0.1, -0.05) is 18.2 Å². The van der Waals surface area contributed by atoms with Crippen LogP contribution in [0.4, 0.5) is 5.69 Å². The van der Waals surface area contributed by atoms with Crippen molar-refractivity contribution in [1.29, 1.82) is 0 Å². The van der Waals surface area contributed by atoms with E-state index in [-0.39, 0.29) is 6.04 Å². The summed E-state index contributed by atoms with van der Waals surface area (Å²) in [6.45, 7) is 4.77. The van der Waals surface area contributed by atoms with Crippen molar-refractivity contribution < 1.29 is 4.42 Å². The molecule has 19 heavy (non-hydrogen) atoms. The predicted octanol–water partition coefficient (Wildman–Crippen LogP) is 3.11. The average molecular weight is 258 g/mol. The van der Waals surface area contributed by atoms with E-state index in [0.29, 0.717) is 0 Å². The van der Waals surface area contributed by atoms with Gasteiger partial charge >= 0.3 is 0 Å². The van der Waals surface area contributed by atoms with Crippen LogP contribution < -0.4 is 10.6 Å². The molecule has 0 aliphatic heterocycles. The van der Waals surface area contributed by atoms with E-state index in [2.05, 4.69) is 36.2 Å². The molecule has 0 bridgehead atoms. The molecule has 0 saturated heterocycles. The maximum atomic E-state index is 5.91. The minimum Gasteiger partial charge on any atom is -0.464 e. The lowest BCUT2D eigenvalue weighted by Gasteiger charge is -2.22. The van der Waals surface area contributed by atoms with E-state index in [1.54, 1.807) is 0 Å². The van der Waals surface area contributed by atoms with Crippen LogP contribution in [0.25, 0.3) is 0 Å². The topological polar surface area (TPSA) is 42.4 Å². The molecule has 0 saturated carbocycles. The molecule has 0 spiro atoms. The van der Waals surface area contributed by atoms with Crippen LogP contribution >= 0.6 is 0 Å². The molecule has 0 fully saturated rings. The summed E-state index contributed by atoms with van der Waals surface area (Å²) in [6, 6.07) is 12.6. The molecule has 0 aliphatic rings. The first-order valence-electron chi connectivity index (χ1n) is 6.66. The molecule has 0 radical (unpaired) electrons. The van der Waals surface area contributed by atoms with Gasteiger partial charge in [0.05, 0.1) is 6.54 Å². The van der Waals surface area contributed by atoms with Gasteiger partial charge < -0.3 is 15.1 Å². The fourth-order valence-electron chi connectivity index (χ4n) is 2.29. The average Bonchev–Trinajstić information content (AvgIpc) is 2.74. The minimum absolute atomic E-state index is 0.167. The molecule has 1 unspecified atom stereocenters. The first kappa shape index (κ1) is 13.7. The number of hydrogen-bond donors (Lipinski definition) is 1. The molecule has 1 heterocycles. The maximum absolute atomic E-state index is 5.91. The molecular weight excluding hydrogens is 236 g/mol. The number of nitrogens with two attached hydrogens (primary N) is 1. The van der Waals surface area contributed by atoms with Crippen molar-refractivity contribution in [2.45, 2.75) is 32.9 Å². The molecule has 0 amide bonds. The van der Waals surface area contributed by atoms with E-state index in [9.17, 15) is 0 Å². The molecule has 1 atom stereocenters.